The van der Waals surface area contributed by atoms with Crippen molar-refractivity contribution in [1.29, 1.82) is 0 Å². The predicted molar refractivity (Wildman–Crippen MR) is 82.0 cm³/mol. The second kappa shape index (κ2) is 5.09. The molecule has 0 radical (unpaired) electrons. The average Bonchev–Trinajstić information content (AvgIpc) is 2.95. The molecular formula is C13H16N6S. The van der Waals surface area contributed by atoms with E-state index < -0.39 is 0 Å². The summed E-state index contributed by atoms with van der Waals surface area (Å²) in [4.78, 5) is 10.7. The van der Waals surface area contributed by atoms with Crippen LogP contribution in [0.15, 0.2) is 18.3 Å². The monoisotopic (exact) mass is 288 g/mol. The molecule has 3 heterocycles. The molecule has 0 atom stereocenters. The molecule has 6 nitrogen and oxygen atoms in total. The minimum absolute atomic E-state index is 0.308. The molecule has 3 N–H and O–H groups in total. The summed E-state index contributed by atoms with van der Waals surface area (Å²) in [6.45, 7) is 2.84. The Hall–Kier alpha value is -2.15. The molecule has 0 unspecified atom stereocenters. The van der Waals surface area contributed by atoms with Crippen molar-refractivity contribution < 1.29 is 0 Å². The van der Waals surface area contributed by atoms with Crippen LogP contribution in [0.5, 0.6) is 0 Å². The molecule has 0 fully saturated rings. The predicted octanol–water partition coefficient (Wildman–Crippen LogP) is 1.97. The van der Waals surface area contributed by atoms with Gasteiger partial charge in [-0.1, -0.05) is 0 Å². The number of nitrogens with two attached hydrogens (primary N) is 1. The third-order valence-corrected chi connectivity index (χ3v) is 4.07. The van der Waals surface area contributed by atoms with Crippen molar-refractivity contribution in [1.82, 2.24) is 19.7 Å². The van der Waals surface area contributed by atoms with Crippen LogP contribution in [0.3, 0.4) is 0 Å². The van der Waals surface area contributed by atoms with Gasteiger partial charge in [-0.3, -0.25) is 4.68 Å². The van der Waals surface area contributed by atoms with Gasteiger partial charge in [-0.15, -0.1) is 11.3 Å². The van der Waals surface area contributed by atoms with Crippen molar-refractivity contribution in [3.05, 3.63) is 28.9 Å². The lowest BCUT2D eigenvalue weighted by atomic mass is 10.3. The molecule has 0 aliphatic heterocycles. The highest BCUT2D eigenvalue weighted by molar-refractivity contribution is 7.18. The van der Waals surface area contributed by atoms with E-state index >= 15 is 0 Å². The number of fused-ring (bicyclic) bond motifs is 1. The van der Waals surface area contributed by atoms with E-state index in [-0.39, 0.29) is 0 Å². The lowest BCUT2D eigenvalue weighted by Gasteiger charge is -2.07. The lowest BCUT2D eigenvalue weighted by Crippen LogP contribution is -2.10. The zero-order valence-electron chi connectivity index (χ0n) is 11.4. The Labute approximate surface area is 120 Å². The summed E-state index contributed by atoms with van der Waals surface area (Å²) in [5, 5.41) is 8.53. The van der Waals surface area contributed by atoms with Crippen LogP contribution in [0.1, 0.15) is 10.6 Å². The number of rotatable bonds is 4. The van der Waals surface area contributed by atoms with Crippen LogP contribution in [0.2, 0.25) is 0 Å². The maximum absolute atomic E-state index is 5.75. The van der Waals surface area contributed by atoms with Crippen LogP contribution >= 0.6 is 11.3 Å². The van der Waals surface area contributed by atoms with E-state index in [1.165, 1.54) is 10.6 Å². The van der Waals surface area contributed by atoms with E-state index in [2.05, 4.69) is 33.4 Å². The van der Waals surface area contributed by atoms with Gasteiger partial charge in [-0.2, -0.15) is 10.1 Å². The minimum atomic E-state index is 0.308. The van der Waals surface area contributed by atoms with Crippen LogP contribution in [0.25, 0.3) is 10.2 Å². The largest absolute Gasteiger partial charge is 0.369 e. The molecule has 0 spiro atoms. The van der Waals surface area contributed by atoms with Crippen molar-refractivity contribution in [2.45, 2.75) is 13.3 Å². The first-order valence-electron chi connectivity index (χ1n) is 6.38. The number of nitrogens with one attached hydrogen (secondary N) is 1. The SMILES string of the molecule is Cc1cc2c(NCCc3ccnn3C)nc(N)nc2s1. The highest BCUT2D eigenvalue weighted by atomic mass is 32.1. The Morgan fingerprint density at radius 3 is 3.00 bits per heavy atom. The number of hydrogen-bond donors (Lipinski definition) is 2. The van der Waals surface area contributed by atoms with E-state index in [1.54, 1.807) is 17.5 Å². The molecule has 0 saturated heterocycles. The van der Waals surface area contributed by atoms with Crippen molar-refractivity contribution in [2.75, 3.05) is 17.6 Å². The zero-order valence-corrected chi connectivity index (χ0v) is 12.2. The van der Waals surface area contributed by atoms with Crippen molar-refractivity contribution in [3.8, 4) is 0 Å². The standard InChI is InChI=1S/C13H16N6S/c1-8-7-10-11(17-13(14)18-12(10)20-8)15-5-3-9-4-6-16-19(9)2/h4,6-7H,3,5H2,1-2H3,(H3,14,15,17,18). The molecule has 0 saturated carbocycles. The topological polar surface area (TPSA) is 81.7 Å². The van der Waals surface area contributed by atoms with Gasteiger partial charge in [0.15, 0.2) is 0 Å². The van der Waals surface area contributed by atoms with Crippen LogP contribution in [0.4, 0.5) is 11.8 Å². The van der Waals surface area contributed by atoms with E-state index in [9.17, 15) is 0 Å². The molecule has 0 amide bonds. The fourth-order valence-corrected chi connectivity index (χ4v) is 3.04. The zero-order chi connectivity index (χ0) is 14.1. The first kappa shape index (κ1) is 12.9. The Bertz CT molecular complexity index is 744. The maximum atomic E-state index is 5.75. The molecule has 0 aliphatic rings. The highest BCUT2D eigenvalue weighted by Crippen LogP contribution is 2.28. The highest BCUT2D eigenvalue weighted by Gasteiger charge is 2.09. The van der Waals surface area contributed by atoms with E-state index in [1.807, 2.05) is 17.8 Å². The number of nitrogens with zero attached hydrogens (tertiary/aromatic N) is 4. The van der Waals surface area contributed by atoms with Gasteiger partial charge in [0, 0.05) is 36.8 Å². The third-order valence-electron chi connectivity index (χ3n) is 3.13. The fourth-order valence-electron chi connectivity index (χ4n) is 2.15. The van der Waals surface area contributed by atoms with Gasteiger partial charge in [0.05, 0.1) is 5.39 Å². The van der Waals surface area contributed by atoms with Crippen LogP contribution in [-0.4, -0.2) is 26.3 Å². The van der Waals surface area contributed by atoms with E-state index in [0.29, 0.717) is 5.95 Å². The number of hydrogen-bond acceptors (Lipinski definition) is 6. The molecule has 3 aromatic rings. The summed E-state index contributed by atoms with van der Waals surface area (Å²) in [6, 6.07) is 4.10. The maximum Gasteiger partial charge on any atom is 0.223 e. The fraction of sp³-hybridized carbons (Fsp3) is 0.308. The molecule has 0 aromatic carbocycles. The normalized spacial score (nSPS) is 11.1. The molecule has 0 aliphatic carbocycles. The van der Waals surface area contributed by atoms with Gasteiger partial charge < -0.3 is 11.1 Å². The molecule has 3 rings (SSSR count). The second-order valence-electron chi connectivity index (χ2n) is 4.63. The third kappa shape index (κ3) is 2.44. The molecule has 104 valence electrons. The van der Waals surface area contributed by atoms with Crippen molar-refractivity contribution in [2.24, 2.45) is 7.05 Å². The van der Waals surface area contributed by atoms with Gasteiger partial charge >= 0.3 is 0 Å². The number of thiophene rings is 1. The molecule has 20 heavy (non-hydrogen) atoms. The first-order valence-corrected chi connectivity index (χ1v) is 7.19. The Balaban J connectivity index is 1.78. The summed E-state index contributed by atoms with van der Waals surface area (Å²) < 4.78 is 1.88. The van der Waals surface area contributed by atoms with Gasteiger partial charge in [-0.25, -0.2) is 4.98 Å². The van der Waals surface area contributed by atoms with Gasteiger partial charge in [0.1, 0.15) is 10.6 Å². The summed E-state index contributed by atoms with van der Waals surface area (Å²) in [5.41, 5.74) is 6.93. The number of aromatic nitrogens is 4. The Kier molecular flexibility index (Phi) is 3.27. The summed E-state index contributed by atoms with van der Waals surface area (Å²) >= 11 is 1.63. The Morgan fingerprint density at radius 2 is 2.25 bits per heavy atom. The first-order chi connectivity index (χ1) is 9.63. The number of nitrogen functional groups attached to an aromatic ring is 1. The molecular weight excluding hydrogens is 272 g/mol. The van der Waals surface area contributed by atoms with Gasteiger partial charge in [-0.05, 0) is 19.1 Å². The summed E-state index contributed by atoms with van der Waals surface area (Å²) in [6.07, 6.45) is 2.68. The summed E-state index contributed by atoms with van der Waals surface area (Å²) in [7, 11) is 1.94. The quantitative estimate of drug-likeness (QED) is 0.767. The van der Waals surface area contributed by atoms with E-state index in [4.69, 9.17) is 5.73 Å². The number of aryl methyl sites for hydroxylation is 2. The minimum Gasteiger partial charge on any atom is -0.369 e. The lowest BCUT2D eigenvalue weighted by molar-refractivity contribution is 0.711. The summed E-state index contributed by atoms with van der Waals surface area (Å²) in [5.74, 6) is 1.11. The molecule has 7 heteroatoms. The van der Waals surface area contributed by atoms with Crippen LogP contribution in [-0.2, 0) is 13.5 Å². The second-order valence-corrected chi connectivity index (χ2v) is 5.86. The van der Waals surface area contributed by atoms with Crippen LogP contribution in [0, 0.1) is 6.92 Å². The average molecular weight is 288 g/mol. The van der Waals surface area contributed by atoms with E-state index in [0.717, 1.165) is 29.0 Å². The number of anilines is 2. The molecule has 0 bridgehead atoms. The molecule has 3 aromatic heterocycles. The van der Waals surface area contributed by atoms with Gasteiger partial charge in [0.25, 0.3) is 0 Å². The van der Waals surface area contributed by atoms with Crippen molar-refractivity contribution in [3.63, 3.8) is 0 Å². The van der Waals surface area contributed by atoms with Crippen LogP contribution < -0.4 is 11.1 Å². The smallest absolute Gasteiger partial charge is 0.223 e. The Morgan fingerprint density at radius 1 is 1.40 bits per heavy atom. The van der Waals surface area contributed by atoms with Gasteiger partial charge in [0.2, 0.25) is 5.95 Å². The van der Waals surface area contributed by atoms with Crippen molar-refractivity contribution >= 4 is 33.3 Å².